The minimum absolute atomic E-state index is 0.864. The van der Waals surface area contributed by atoms with Crippen molar-refractivity contribution in [3.63, 3.8) is 0 Å². The minimum atomic E-state index is 0.864. The fourth-order valence-electron chi connectivity index (χ4n) is 1.99. The van der Waals surface area contributed by atoms with Crippen LogP contribution in [0.1, 0.15) is 29.2 Å². The number of methoxy groups -OCH3 is 1. The molecule has 3 heteroatoms. The summed E-state index contributed by atoms with van der Waals surface area (Å²) in [6, 6.07) is 0. The summed E-state index contributed by atoms with van der Waals surface area (Å²) in [6.45, 7) is 10.2. The highest BCUT2D eigenvalue weighted by molar-refractivity contribution is 6.32. The third kappa shape index (κ3) is 2.75. The van der Waals surface area contributed by atoms with Gasteiger partial charge < -0.3 is 9.64 Å². The van der Waals surface area contributed by atoms with Crippen molar-refractivity contribution >= 4 is 11.6 Å². The molecule has 1 aromatic rings. The van der Waals surface area contributed by atoms with Crippen LogP contribution in [0.15, 0.2) is 0 Å². The molecular weight excluding hydrogens is 234 g/mol. The minimum Gasteiger partial charge on any atom is -0.496 e. The van der Waals surface area contributed by atoms with Crippen molar-refractivity contribution in [2.75, 3.05) is 20.7 Å². The van der Waals surface area contributed by atoms with Crippen molar-refractivity contribution in [1.82, 2.24) is 4.90 Å². The molecule has 0 spiro atoms. The summed E-state index contributed by atoms with van der Waals surface area (Å²) in [4.78, 5) is 2.25. The summed E-state index contributed by atoms with van der Waals surface area (Å²) in [6.07, 6.45) is 0. The Hall–Kier alpha value is -0.730. The van der Waals surface area contributed by atoms with Gasteiger partial charge >= 0.3 is 0 Å². The van der Waals surface area contributed by atoms with Gasteiger partial charge in [0, 0.05) is 17.1 Å². The predicted octanol–water partition coefficient (Wildman–Crippen LogP) is 3.73. The quantitative estimate of drug-likeness (QED) is 0.813. The molecule has 0 aromatic heterocycles. The first kappa shape index (κ1) is 14.3. The zero-order chi connectivity index (χ0) is 13.2. The van der Waals surface area contributed by atoms with Crippen LogP contribution in [-0.4, -0.2) is 25.6 Å². The van der Waals surface area contributed by atoms with E-state index in [9.17, 15) is 0 Å². The van der Waals surface area contributed by atoms with Crippen LogP contribution in [0.5, 0.6) is 5.75 Å². The highest BCUT2D eigenvalue weighted by Gasteiger charge is 2.17. The third-order valence-corrected chi connectivity index (χ3v) is 4.03. The highest BCUT2D eigenvalue weighted by Crippen LogP contribution is 2.36. The van der Waals surface area contributed by atoms with E-state index >= 15 is 0 Å². The van der Waals surface area contributed by atoms with Crippen LogP contribution >= 0.6 is 11.6 Å². The monoisotopic (exact) mass is 255 g/mol. The molecule has 0 aliphatic rings. The van der Waals surface area contributed by atoms with E-state index < -0.39 is 0 Å². The number of nitrogens with zero attached hydrogens (tertiary/aromatic N) is 1. The first-order valence-corrected chi connectivity index (χ1v) is 6.32. The van der Waals surface area contributed by atoms with Gasteiger partial charge in [-0.2, -0.15) is 0 Å². The van der Waals surface area contributed by atoms with Crippen molar-refractivity contribution in [3.8, 4) is 5.75 Å². The lowest BCUT2D eigenvalue weighted by Crippen LogP contribution is -2.18. The number of rotatable bonds is 4. The van der Waals surface area contributed by atoms with Gasteiger partial charge in [-0.1, -0.05) is 18.5 Å². The van der Waals surface area contributed by atoms with Crippen LogP contribution in [0.2, 0.25) is 5.02 Å². The van der Waals surface area contributed by atoms with Crippen molar-refractivity contribution in [2.24, 2.45) is 0 Å². The second kappa shape index (κ2) is 5.74. The Morgan fingerprint density at radius 2 is 1.71 bits per heavy atom. The van der Waals surface area contributed by atoms with E-state index in [1.54, 1.807) is 7.11 Å². The maximum atomic E-state index is 6.37. The van der Waals surface area contributed by atoms with Gasteiger partial charge in [-0.3, -0.25) is 0 Å². The Balaban J connectivity index is 3.36. The van der Waals surface area contributed by atoms with Gasteiger partial charge in [0.25, 0.3) is 0 Å². The van der Waals surface area contributed by atoms with E-state index in [0.29, 0.717) is 0 Å². The van der Waals surface area contributed by atoms with Gasteiger partial charge in [-0.15, -0.1) is 0 Å². The number of halogens is 1. The van der Waals surface area contributed by atoms with Crippen molar-refractivity contribution in [1.29, 1.82) is 0 Å². The molecule has 2 nitrogen and oxygen atoms in total. The van der Waals surface area contributed by atoms with E-state index in [2.05, 4.69) is 32.7 Å². The molecule has 0 aliphatic carbocycles. The predicted molar refractivity (Wildman–Crippen MR) is 74.2 cm³/mol. The van der Waals surface area contributed by atoms with E-state index in [1.165, 1.54) is 5.56 Å². The molecule has 0 radical (unpaired) electrons. The average Bonchev–Trinajstić information content (AvgIpc) is 2.33. The Labute approximate surface area is 110 Å². The van der Waals surface area contributed by atoms with Crippen LogP contribution in [0.4, 0.5) is 0 Å². The molecule has 0 atom stereocenters. The van der Waals surface area contributed by atoms with Crippen LogP contribution in [0, 0.1) is 20.8 Å². The average molecular weight is 256 g/mol. The molecule has 0 aliphatic heterocycles. The molecule has 0 fully saturated rings. The first-order chi connectivity index (χ1) is 7.93. The normalized spacial score (nSPS) is 11.1. The smallest absolute Gasteiger partial charge is 0.126 e. The first-order valence-electron chi connectivity index (χ1n) is 5.94. The lowest BCUT2D eigenvalue weighted by atomic mass is 9.98. The van der Waals surface area contributed by atoms with Crippen LogP contribution < -0.4 is 4.74 Å². The topological polar surface area (TPSA) is 12.5 Å². The Morgan fingerprint density at radius 1 is 1.12 bits per heavy atom. The Bertz CT molecular complexity index is 415. The molecule has 1 aromatic carbocycles. The van der Waals surface area contributed by atoms with Crippen molar-refractivity contribution in [2.45, 2.75) is 34.2 Å². The highest BCUT2D eigenvalue weighted by atomic mass is 35.5. The maximum absolute atomic E-state index is 6.37. The zero-order valence-corrected chi connectivity index (χ0v) is 12.4. The third-order valence-electron chi connectivity index (χ3n) is 3.46. The maximum Gasteiger partial charge on any atom is 0.126 e. The van der Waals surface area contributed by atoms with E-state index in [1.807, 2.05) is 6.92 Å². The lowest BCUT2D eigenvalue weighted by molar-refractivity contribution is 0.331. The van der Waals surface area contributed by atoms with Gasteiger partial charge in [0.2, 0.25) is 0 Å². The summed E-state index contributed by atoms with van der Waals surface area (Å²) in [5.41, 5.74) is 4.59. The standard InChI is InChI=1S/C14H22ClNO/c1-7-16(5)8-12-11(4)13(15)9(2)10(3)14(12)17-6/h7-8H2,1-6H3. The Morgan fingerprint density at radius 3 is 2.18 bits per heavy atom. The summed E-state index contributed by atoms with van der Waals surface area (Å²) in [5, 5.41) is 0.864. The van der Waals surface area contributed by atoms with Crippen LogP contribution in [0.25, 0.3) is 0 Å². The van der Waals surface area contributed by atoms with Crippen LogP contribution in [0.3, 0.4) is 0 Å². The van der Waals surface area contributed by atoms with Gasteiger partial charge in [0.1, 0.15) is 5.75 Å². The fraction of sp³-hybridized carbons (Fsp3) is 0.571. The lowest BCUT2D eigenvalue weighted by Gasteiger charge is -2.22. The van der Waals surface area contributed by atoms with Gasteiger partial charge in [-0.05, 0) is 51.1 Å². The number of ether oxygens (including phenoxy) is 1. The van der Waals surface area contributed by atoms with Crippen molar-refractivity contribution < 1.29 is 4.74 Å². The molecule has 0 amide bonds. The zero-order valence-electron chi connectivity index (χ0n) is 11.6. The largest absolute Gasteiger partial charge is 0.496 e. The van der Waals surface area contributed by atoms with Crippen LogP contribution in [-0.2, 0) is 6.54 Å². The summed E-state index contributed by atoms with van der Waals surface area (Å²) in [7, 11) is 3.83. The molecule has 0 unspecified atom stereocenters. The summed E-state index contributed by atoms with van der Waals surface area (Å²) >= 11 is 6.37. The van der Waals surface area contributed by atoms with Crippen molar-refractivity contribution in [3.05, 3.63) is 27.3 Å². The van der Waals surface area contributed by atoms with Gasteiger partial charge in [0.15, 0.2) is 0 Å². The molecule has 0 saturated heterocycles. The number of benzene rings is 1. The summed E-state index contributed by atoms with van der Waals surface area (Å²) < 4.78 is 5.55. The SMILES string of the molecule is CCN(C)Cc1c(C)c(Cl)c(C)c(C)c1OC. The molecule has 0 heterocycles. The van der Waals surface area contributed by atoms with Gasteiger partial charge in [-0.25, -0.2) is 0 Å². The molecule has 0 bridgehead atoms. The van der Waals surface area contributed by atoms with E-state index in [4.69, 9.17) is 16.3 Å². The number of hydrogen-bond donors (Lipinski definition) is 0. The van der Waals surface area contributed by atoms with E-state index in [-0.39, 0.29) is 0 Å². The van der Waals surface area contributed by atoms with Gasteiger partial charge in [0.05, 0.1) is 7.11 Å². The number of hydrogen-bond acceptors (Lipinski definition) is 2. The second-order valence-corrected chi connectivity index (χ2v) is 4.91. The molecule has 96 valence electrons. The molecule has 0 N–H and O–H groups in total. The molecule has 17 heavy (non-hydrogen) atoms. The fourth-order valence-corrected chi connectivity index (χ4v) is 2.25. The second-order valence-electron chi connectivity index (χ2n) is 4.53. The molecular formula is C14H22ClNO. The summed E-state index contributed by atoms with van der Waals surface area (Å²) in [5.74, 6) is 0.977. The molecule has 1 rings (SSSR count). The Kier molecular flexibility index (Phi) is 4.84. The van der Waals surface area contributed by atoms with E-state index in [0.717, 1.165) is 40.6 Å². The molecule has 0 saturated carbocycles.